The van der Waals surface area contributed by atoms with E-state index in [1.165, 1.54) is 35.0 Å². The number of aliphatic carboxylic acids is 1. The highest BCUT2D eigenvalue weighted by Crippen LogP contribution is 2.37. The second-order valence-corrected chi connectivity index (χ2v) is 7.20. The van der Waals surface area contributed by atoms with Crippen LogP contribution in [0.1, 0.15) is 41.4 Å². The molecule has 2 atom stereocenters. The Morgan fingerprint density at radius 3 is 2.23 bits per heavy atom. The minimum absolute atomic E-state index is 0.163. The quantitative estimate of drug-likeness (QED) is 0.717. The minimum Gasteiger partial charge on any atom is -0.480 e. The minimum atomic E-state index is -1.09. The summed E-state index contributed by atoms with van der Waals surface area (Å²) in [6.45, 7) is 4.15. The van der Waals surface area contributed by atoms with Gasteiger partial charge in [-0.1, -0.05) is 38.1 Å². The van der Waals surface area contributed by atoms with Gasteiger partial charge in [-0.2, -0.15) is 0 Å². The predicted octanol–water partition coefficient (Wildman–Crippen LogP) is 4.32. The number of carboxylic acid groups (broad SMARTS) is 1. The van der Waals surface area contributed by atoms with E-state index in [0.717, 1.165) is 24.5 Å². The highest BCUT2D eigenvalue weighted by Gasteiger charge is 2.21. The Labute approximate surface area is 156 Å². The summed E-state index contributed by atoms with van der Waals surface area (Å²) >= 11 is 1.32. The molecule has 3 N–H and O–H groups in total. The number of benzene rings is 2. The third-order valence-corrected chi connectivity index (χ3v) is 5.73. The van der Waals surface area contributed by atoms with E-state index in [-0.39, 0.29) is 11.0 Å². The predicted molar refractivity (Wildman–Crippen MR) is 101 cm³/mol. The summed E-state index contributed by atoms with van der Waals surface area (Å²) in [5, 5.41) is 8.69. The van der Waals surface area contributed by atoms with Gasteiger partial charge in [-0.25, -0.2) is 8.78 Å². The number of thioether (sulfide) groups is 1. The summed E-state index contributed by atoms with van der Waals surface area (Å²) in [7, 11) is 0. The van der Waals surface area contributed by atoms with E-state index in [0.29, 0.717) is 5.56 Å². The van der Waals surface area contributed by atoms with Gasteiger partial charge in [0.25, 0.3) is 0 Å². The molecule has 1 unspecified atom stereocenters. The first-order valence-corrected chi connectivity index (χ1v) is 9.58. The van der Waals surface area contributed by atoms with Crippen LogP contribution in [0.4, 0.5) is 8.78 Å². The maximum absolute atomic E-state index is 13.7. The Bertz CT molecular complexity index is 782. The van der Waals surface area contributed by atoms with Crippen molar-refractivity contribution in [1.82, 2.24) is 0 Å². The summed E-state index contributed by atoms with van der Waals surface area (Å²) in [4.78, 5) is 11.0. The molecule has 0 aliphatic rings. The first kappa shape index (κ1) is 20.4. The van der Waals surface area contributed by atoms with Crippen molar-refractivity contribution in [3.63, 3.8) is 0 Å². The molecule has 0 fully saturated rings. The van der Waals surface area contributed by atoms with Crippen LogP contribution in [0.15, 0.2) is 36.4 Å². The van der Waals surface area contributed by atoms with Gasteiger partial charge in [-0.05, 0) is 47.2 Å². The van der Waals surface area contributed by atoms with Crippen molar-refractivity contribution in [2.45, 2.75) is 38.0 Å². The van der Waals surface area contributed by atoms with Crippen LogP contribution < -0.4 is 5.73 Å². The van der Waals surface area contributed by atoms with Crippen molar-refractivity contribution in [3.8, 4) is 0 Å². The largest absolute Gasteiger partial charge is 0.480 e. The van der Waals surface area contributed by atoms with Crippen LogP contribution in [0, 0.1) is 11.6 Å². The normalized spacial score (nSPS) is 13.4. The first-order chi connectivity index (χ1) is 12.4. The Morgan fingerprint density at radius 1 is 1.04 bits per heavy atom. The van der Waals surface area contributed by atoms with E-state index in [1.54, 1.807) is 0 Å². The van der Waals surface area contributed by atoms with Crippen molar-refractivity contribution in [2.24, 2.45) is 5.73 Å². The van der Waals surface area contributed by atoms with E-state index in [9.17, 15) is 13.6 Å². The number of hydrogen-bond donors (Lipinski definition) is 2. The molecule has 2 aromatic rings. The van der Waals surface area contributed by atoms with Crippen LogP contribution in [0.3, 0.4) is 0 Å². The van der Waals surface area contributed by atoms with Gasteiger partial charge in [0, 0.05) is 5.75 Å². The highest BCUT2D eigenvalue weighted by molar-refractivity contribution is 7.99. The van der Waals surface area contributed by atoms with Crippen molar-refractivity contribution in [3.05, 3.63) is 70.3 Å². The fourth-order valence-corrected chi connectivity index (χ4v) is 4.03. The Morgan fingerprint density at radius 2 is 1.65 bits per heavy atom. The number of aryl methyl sites for hydroxylation is 2. The smallest absolute Gasteiger partial charge is 0.321 e. The summed E-state index contributed by atoms with van der Waals surface area (Å²) in [6, 6.07) is 8.83. The van der Waals surface area contributed by atoms with Gasteiger partial charge in [0.05, 0.1) is 5.25 Å². The van der Waals surface area contributed by atoms with Gasteiger partial charge in [-0.3, -0.25) is 4.79 Å². The SMILES string of the molecule is CCc1ccc(C(SC[C@H](N)C(=O)O)c2ccc(F)c(F)c2)cc1CC. The van der Waals surface area contributed by atoms with Crippen LogP contribution in [-0.2, 0) is 17.6 Å². The molecular formula is C20H23F2NO2S. The maximum Gasteiger partial charge on any atom is 0.321 e. The van der Waals surface area contributed by atoms with Crippen LogP contribution in [-0.4, -0.2) is 22.9 Å². The topological polar surface area (TPSA) is 63.3 Å². The average Bonchev–Trinajstić information content (AvgIpc) is 2.64. The molecule has 6 heteroatoms. The monoisotopic (exact) mass is 379 g/mol. The number of carboxylic acids is 1. The lowest BCUT2D eigenvalue weighted by molar-refractivity contribution is -0.137. The maximum atomic E-state index is 13.7. The third-order valence-electron chi connectivity index (χ3n) is 4.30. The van der Waals surface area contributed by atoms with E-state index in [1.807, 2.05) is 12.1 Å². The zero-order valence-electron chi connectivity index (χ0n) is 14.8. The molecule has 0 heterocycles. The lowest BCUT2D eigenvalue weighted by atomic mass is 9.96. The number of carbonyl (C=O) groups is 1. The standard InChI is InChI=1S/C20H23F2NO2S/c1-3-12-5-6-14(9-13(12)4-2)19(26-11-18(23)20(24)25)15-7-8-16(21)17(22)10-15/h5-10,18-19H,3-4,11,23H2,1-2H3,(H,24,25)/t18-,19?/m0/s1. The first-order valence-electron chi connectivity index (χ1n) is 8.54. The fourth-order valence-electron chi connectivity index (χ4n) is 2.81. The van der Waals surface area contributed by atoms with Crippen molar-refractivity contribution in [2.75, 3.05) is 5.75 Å². The fraction of sp³-hybridized carbons (Fsp3) is 0.350. The van der Waals surface area contributed by atoms with E-state index < -0.39 is 23.6 Å². The molecule has 0 aliphatic carbocycles. The summed E-state index contributed by atoms with van der Waals surface area (Å²) in [6.07, 6.45) is 1.77. The number of halogens is 2. The number of rotatable bonds is 8. The molecule has 0 aromatic heterocycles. The third kappa shape index (κ3) is 4.83. The Balaban J connectivity index is 2.42. The van der Waals surface area contributed by atoms with E-state index in [4.69, 9.17) is 10.8 Å². The molecule has 3 nitrogen and oxygen atoms in total. The second-order valence-electron chi connectivity index (χ2n) is 6.07. The van der Waals surface area contributed by atoms with E-state index >= 15 is 0 Å². The average molecular weight is 379 g/mol. The lowest BCUT2D eigenvalue weighted by Crippen LogP contribution is -2.32. The Kier molecular flexibility index (Phi) is 7.17. The van der Waals surface area contributed by atoms with Gasteiger partial charge in [-0.15, -0.1) is 11.8 Å². The summed E-state index contributed by atoms with van der Waals surface area (Å²) in [5.74, 6) is -2.75. The lowest BCUT2D eigenvalue weighted by Gasteiger charge is -2.21. The molecule has 2 aromatic carbocycles. The van der Waals surface area contributed by atoms with Crippen LogP contribution in [0.5, 0.6) is 0 Å². The molecule has 2 rings (SSSR count). The van der Waals surface area contributed by atoms with Crippen molar-refractivity contribution >= 4 is 17.7 Å². The molecule has 140 valence electrons. The van der Waals surface area contributed by atoms with Crippen molar-refractivity contribution < 1.29 is 18.7 Å². The van der Waals surface area contributed by atoms with Crippen LogP contribution >= 0.6 is 11.8 Å². The molecular weight excluding hydrogens is 356 g/mol. The van der Waals surface area contributed by atoms with Gasteiger partial charge in [0.2, 0.25) is 0 Å². The second kappa shape index (κ2) is 9.14. The Hall–Kier alpha value is -1.92. The molecule has 0 aliphatic heterocycles. The molecule has 0 radical (unpaired) electrons. The zero-order valence-corrected chi connectivity index (χ0v) is 15.7. The van der Waals surface area contributed by atoms with Gasteiger partial charge < -0.3 is 10.8 Å². The highest BCUT2D eigenvalue weighted by atomic mass is 32.2. The van der Waals surface area contributed by atoms with Gasteiger partial charge in [0.15, 0.2) is 11.6 Å². The summed E-state index contributed by atoms with van der Waals surface area (Å²) < 4.78 is 27.1. The van der Waals surface area contributed by atoms with Crippen molar-refractivity contribution in [1.29, 1.82) is 0 Å². The van der Waals surface area contributed by atoms with Crippen LogP contribution in [0.25, 0.3) is 0 Å². The zero-order chi connectivity index (χ0) is 19.3. The number of nitrogens with two attached hydrogens (primary N) is 1. The molecule has 0 bridgehead atoms. The molecule has 0 amide bonds. The van der Waals surface area contributed by atoms with Gasteiger partial charge >= 0.3 is 5.97 Å². The van der Waals surface area contributed by atoms with Gasteiger partial charge in [0.1, 0.15) is 6.04 Å². The van der Waals surface area contributed by atoms with E-state index in [2.05, 4.69) is 19.9 Å². The molecule has 26 heavy (non-hydrogen) atoms. The summed E-state index contributed by atoms with van der Waals surface area (Å²) in [5.41, 5.74) is 9.57. The molecule has 0 spiro atoms. The van der Waals surface area contributed by atoms with Crippen LogP contribution in [0.2, 0.25) is 0 Å². The molecule has 0 saturated heterocycles. The molecule has 0 saturated carbocycles. The number of hydrogen-bond acceptors (Lipinski definition) is 3.